The molecule has 3 aliphatic rings. The molecule has 6 nitrogen and oxygen atoms in total. The van der Waals surface area contributed by atoms with Gasteiger partial charge < -0.3 is 28.1 Å². The van der Waals surface area contributed by atoms with Gasteiger partial charge in [-0.05, 0) is 141 Å². The molecular formula is C68H57BN4O2. The first-order valence-electron chi connectivity index (χ1n) is 39.1. The van der Waals surface area contributed by atoms with Gasteiger partial charge in [-0.25, -0.2) is 0 Å². The highest BCUT2D eigenvalue weighted by Gasteiger charge is 2.50. The molecule has 12 aromatic rings. The van der Waals surface area contributed by atoms with Gasteiger partial charge in [0.25, 0.3) is 6.71 Å². The van der Waals surface area contributed by atoms with E-state index in [-0.39, 0.29) is 44.5 Å². The molecule has 0 saturated carbocycles. The summed E-state index contributed by atoms with van der Waals surface area (Å²) in [5, 5.41) is -1.88. The quantitative estimate of drug-likeness (QED) is 0.164. The zero-order chi connectivity index (χ0) is 77.1. The molecule has 0 bridgehead atoms. The monoisotopic (exact) mass is 1000 g/mol. The molecule has 0 saturated heterocycles. The average Bonchev–Trinajstić information content (AvgIpc) is 1.57. The second-order valence-electron chi connectivity index (χ2n) is 21.8. The highest BCUT2D eigenvalue weighted by atomic mass is 16.3. The van der Waals surface area contributed by atoms with E-state index in [1.165, 1.54) is 9.47 Å². The number of para-hydroxylation sites is 4. The summed E-state index contributed by atoms with van der Waals surface area (Å²) < 4.78 is 309. The van der Waals surface area contributed by atoms with Crippen LogP contribution in [0.15, 0.2) is 190 Å². The molecule has 3 aromatic heterocycles. The number of nitrogens with zero attached hydrogens (tertiary/aromatic N) is 4. The maximum atomic E-state index is 11.4. The summed E-state index contributed by atoms with van der Waals surface area (Å²) in [7, 11) is 0. The van der Waals surface area contributed by atoms with Gasteiger partial charge in [0.2, 0.25) is 0 Å². The van der Waals surface area contributed by atoms with Gasteiger partial charge in [-0.1, -0.05) is 147 Å². The van der Waals surface area contributed by atoms with Crippen molar-refractivity contribution in [2.45, 2.75) is 78.6 Å². The van der Waals surface area contributed by atoms with Gasteiger partial charge in [0.15, 0.2) is 0 Å². The van der Waals surface area contributed by atoms with Gasteiger partial charge in [0, 0.05) is 44.3 Å². The van der Waals surface area contributed by atoms with Gasteiger partial charge in [-0.15, -0.1) is 0 Å². The first kappa shape index (κ1) is 23.4. The van der Waals surface area contributed by atoms with Crippen molar-refractivity contribution >= 4 is 129 Å². The molecule has 0 spiro atoms. The molecular weight excluding hydrogens is 916 g/mol. The van der Waals surface area contributed by atoms with Crippen molar-refractivity contribution in [1.82, 2.24) is 4.57 Å². The van der Waals surface area contributed by atoms with Gasteiger partial charge in [0.1, 0.15) is 16.7 Å². The second kappa shape index (κ2) is 15.1. The van der Waals surface area contributed by atoms with E-state index >= 15 is 0 Å². The Bertz CT molecular complexity index is 6090. The molecule has 0 fully saturated rings. The van der Waals surface area contributed by atoms with Gasteiger partial charge in [0.05, 0.1) is 97.3 Å². The minimum Gasteiger partial charge on any atom is -0.468 e. The fraction of sp³-hybridized carbons (Fsp3) is 0.176. The minimum atomic E-state index is -2.03. The summed E-state index contributed by atoms with van der Waals surface area (Å²) in [6.07, 6.45) is 0. The number of rotatable bonds is 4. The molecule has 0 aliphatic carbocycles. The predicted octanol–water partition coefficient (Wildman–Crippen LogP) is 17.2. The van der Waals surface area contributed by atoms with E-state index in [1.54, 1.807) is 62.3 Å². The van der Waals surface area contributed by atoms with Gasteiger partial charge in [-0.2, -0.15) is 0 Å². The van der Waals surface area contributed by atoms with Gasteiger partial charge >= 0.3 is 0 Å². The fourth-order valence-corrected chi connectivity index (χ4v) is 10.5. The van der Waals surface area contributed by atoms with E-state index in [9.17, 15) is 35.6 Å². The average molecular weight is 1000 g/mol. The maximum absolute atomic E-state index is 11.4. The van der Waals surface area contributed by atoms with Crippen molar-refractivity contribution < 1.29 is 50.0 Å². The third kappa shape index (κ3) is 6.21. The fourth-order valence-electron chi connectivity index (χ4n) is 10.5. The predicted molar refractivity (Wildman–Crippen MR) is 316 cm³/mol. The van der Waals surface area contributed by atoms with E-state index in [0.29, 0.717) is 4.90 Å². The molecule has 9 aromatic carbocycles. The zero-order valence-corrected chi connectivity index (χ0v) is 41.7. The van der Waals surface area contributed by atoms with Crippen molar-refractivity contribution in [1.29, 1.82) is 0 Å². The van der Waals surface area contributed by atoms with Crippen LogP contribution in [-0.4, -0.2) is 11.3 Å². The molecule has 0 amide bonds. The number of hydrogen-bond donors (Lipinski definition) is 0. The van der Waals surface area contributed by atoms with Crippen molar-refractivity contribution in [3.63, 3.8) is 0 Å². The van der Waals surface area contributed by atoms with E-state index in [2.05, 4.69) is 0 Å². The standard InChI is InChI=1S/C68H57BN4O2/c1-66(2,3)40-30-32-51-47(34-40)48-36-42(68(7,8)9)37-56-62(48)71(51)53-27-18-25-50-64(53)73(56)55-39-45(70(43-20-12-10-13-21-43)44-22-14-11-15-23-44)38-54-61(55)69(50)65-63(49-35-41(67(4,5)6)31-33-58(49)75-65)72(54)52-26-19-29-59-60(52)46-24-16-17-28-57(46)74-59/h10-39H,1-9H3/i10D,11D,12D,13D,14D,15D,16D,17D,18D,19D,20D,21D,22D,23D,24D,25D,26D,27D,28D,29D,30D,31D,32D,33D,34D,35D,36D,37D,38D,39D. The highest BCUT2D eigenvalue weighted by Crippen LogP contribution is 2.56. The number of fused-ring (bicyclic) bond motifs is 14. The molecule has 7 heteroatoms. The third-order valence-electron chi connectivity index (χ3n) is 14.0. The summed E-state index contributed by atoms with van der Waals surface area (Å²) in [5.74, 6) is 0. The third-order valence-corrected chi connectivity index (χ3v) is 14.0. The smallest absolute Gasteiger partial charge is 0.297 e. The number of benzene rings is 9. The van der Waals surface area contributed by atoms with E-state index < -0.39 is 305 Å². The molecule has 3 aliphatic heterocycles. The van der Waals surface area contributed by atoms with Crippen LogP contribution in [0.2, 0.25) is 0 Å². The van der Waals surface area contributed by atoms with Crippen LogP contribution in [0.4, 0.5) is 51.2 Å². The van der Waals surface area contributed by atoms with Crippen molar-refractivity contribution in [3.05, 3.63) is 198 Å². The molecule has 6 heterocycles. The van der Waals surface area contributed by atoms with Crippen molar-refractivity contribution in [3.8, 4) is 5.69 Å². The van der Waals surface area contributed by atoms with E-state index in [4.69, 9.17) is 14.3 Å². The summed E-state index contributed by atoms with van der Waals surface area (Å²) in [6, 6.07) is -26.2. The molecule has 0 N–H and O–H groups in total. The lowest BCUT2D eigenvalue weighted by atomic mass is 9.35. The van der Waals surface area contributed by atoms with Crippen LogP contribution in [0.5, 0.6) is 0 Å². The Morgan fingerprint density at radius 2 is 1.00 bits per heavy atom. The number of aromatic nitrogens is 1. The number of furan rings is 2. The summed E-state index contributed by atoms with van der Waals surface area (Å²) in [6.45, 7) is 13.0. The van der Waals surface area contributed by atoms with Crippen LogP contribution in [0.25, 0.3) is 60.4 Å². The molecule has 0 atom stereocenters. The lowest BCUT2D eigenvalue weighted by molar-refractivity contribution is 0.590. The van der Waals surface area contributed by atoms with E-state index in [1.807, 2.05) is 0 Å². The Morgan fingerprint density at radius 1 is 0.427 bits per heavy atom. The molecule has 364 valence electrons. The summed E-state index contributed by atoms with van der Waals surface area (Å²) >= 11 is 0. The van der Waals surface area contributed by atoms with Crippen molar-refractivity contribution in [2.24, 2.45) is 0 Å². The maximum Gasteiger partial charge on any atom is 0.297 e. The van der Waals surface area contributed by atoms with Crippen molar-refractivity contribution in [2.75, 3.05) is 14.7 Å². The lowest BCUT2D eigenvalue weighted by Crippen LogP contribution is -2.61. The van der Waals surface area contributed by atoms with Crippen LogP contribution in [0, 0.1) is 0 Å². The molecule has 0 unspecified atom stereocenters. The Hall–Kier alpha value is -8.42. The van der Waals surface area contributed by atoms with Gasteiger partial charge in [-0.3, -0.25) is 0 Å². The first-order chi connectivity index (χ1) is 48.7. The number of anilines is 9. The lowest BCUT2D eigenvalue weighted by Gasteiger charge is -2.45. The minimum absolute atomic E-state index is 0.0355. The SMILES string of the molecule is [2H]c1c([2H])c([2H])c(N(c2c([2H])c([2H])c([2H])c([2H])c2[2H])c2c([2H])c3c4c(c2[2H])N2c5c(c([2H])c([2H])c([2H])c5-n5c6c([2H])c([2H])c(C(C)(C)C)c([2H])c6c6c([2H])c(C(C)(C)C)c([2H])c2c65)B4c2oc4c([2H])c([2H])c(C(C)(C)C)c([2H])c4c2N3c2c([2H])c([2H])c([2H])c3oc4c([2H])c([2H])c([2H])c([2H])c4c23)c([2H])c1[2H]. The normalized spacial score (nSPS) is 19.5. The Balaban J connectivity index is 1.32. The first-order valence-corrected chi connectivity index (χ1v) is 24.1. The molecule has 0 radical (unpaired) electrons. The largest absolute Gasteiger partial charge is 0.468 e. The topological polar surface area (TPSA) is 40.9 Å². The highest BCUT2D eigenvalue weighted by molar-refractivity contribution is 7.00. The molecule has 75 heavy (non-hydrogen) atoms. The molecule has 15 rings (SSSR count). The second-order valence-corrected chi connectivity index (χ2v) is 21.8. The van der Waals surface area contributed by atoms with Crippen LogP contribution in [-0.2, 0) is 16.2 Å². The Kier molecular flexibility index (Phi) is 4.72. The Labute approximate surface area is 480 Å². The summed E-state index contributed by atoms with van der Waals surface area (Å²) in [5.41, 5.74) is -14.9. The Morgan fingerprint density at radius 3 is 1.69 bits per heavy atom. The van der Waals surface area contributed by atoms with Crippen LogP contribution < -0.4 is 31.3 Å². The summed E-state index contributed by atoms with van der Waals surface area (Å²) in [4.78, 5) is 2.65. The number of hydrogen-bond acceptors (Lipinski definition) is 5. The van der Waals surface area contributed by atoms with Crippen LogP contribution in [0.3, 0.4) is 0 Å². The van der Waals surface area contributed by atoms with Crippen LogP contribution in [0.1, 0.15) is 120 Å². The zero-order valence-electron chi connectivity index (χ0n) is 71.7. The van der Waals surface area contributed by atoms with Crippen LogP contribution >= 0.6 is 0 Å². The van der Waals surface area contributed by atoms with E-state index in [0.717, 1.165) is 4.90 Å².